The number of likely N-dealkylation sites (tertiary alicyclic amines) is 1. The van der Waals surface area contributed by atoms with Crippen LogP contribution in [0.5, 0.6) is 0 Å². The largest absolute Gasteiger partial charge is 0.390 e. The highest BCUT2D eigenvalue weighted by Gasteiger charge is 2.25. The van der Waals surface area contributed by atoms with Gasteiger partial charge < -0.3 is 19.9 Å². The van der Waals surface area contributed by atoms with Crippen LogP contribution in [-0.4, -0.2) is 70.2 Å². The molecule has 1 aromatic carbocycles. The Labute approximate surface area is 196 Å². The van der Waals surface area contributed by atoms with Gasteiger partial charge in [0.15, 0.2) is 0 Å². The normalized spacial score (nSPS) is 16.4. The van der Waals surface area contributed by atoms with Gasteiger partial charge in [0.1, 0.15) is 5.82 Å². The minimum Gasteiger partial charge on any atom is -0.390 e. The number of rotatable bonds is 9. The minimum atomic E-state index is -0.310. The van der Waals surface area contributed by atoms with E-state index in [1.165, 1.54) is 17.8 Å². The summed E-state index contributed by atoms with van der Waals surface area (Å²) in [4.78, 5) is 12.5. The van der Waals surface area contributed by atoms with Gasteiger partial charge in [0.05, 0.1) is 11.8 Å². The van der Waals surface area contributed by atoms with E-state index in [1.807, 2.05) is 24.3 Å². The fraction of sp³-hybridized carbons (Fsp3) is 0.444. The Hall–Kier alpha value is -2.54. The van der Waals surface area contributed by atoms with Gasteiger partial charge in [-0.3, -0.25) is 4.98 Å². The van der Waals surface area contributed by atoms with Crippen LogP contribution in [0.15, 0.2) is 54.9 Å². The van der Waals surface area contributed by atoms with E-state index in [1.54, 1.807) is 12.4 Å². The lowest BCUT2D eigenvalue weighted by Gasteiger charge is -2.33. The summed E-state index contributed by atoms with van der Waals surface area (Å²) in [6.45, 7) is 9.65. The number of piperidine rings is 1. The second-order valence-corrected chi connectivity index (χ2v) is 8.97. The first-order chi connectivity index (χ1) is 16.1. The molecule has 0 spiro atoms. The van der Waals surface area contributed by atoms with E-state index in [4.69, 9.17) is 0 Å². The van der Waals surface area contributed by atoms with Crippen molar-refractivity contribution < 1.29 is 9.50 Å². The van der Waals surface area contributed by atoms with Crippen LogP contribution >= 0.6 is 0 Å². The number of aliphatic hydroxyl groups excluding tert-OH is 1. The fourth-order valence-corrected chi connectivity index (χ4v) is 4.86. The van der Waals surface area contributed by atoms with E-state index < -0.39 is 0 Å². The van der Waals surface area contributed by atoms with Crippen molar-refractivity contribution in [3.8, 4) is 22.4 Å². The van der Waals surface area contributed by atoms with Gasteiger partial charge >= 0.3 is 0 Å². The van der Waals surface area contributed by atoms with Gasteiger partial charge in [0.25, 0.3) is 0 Å². The average Bonchev–Trinajstić information content (AvgIpc) is 3.29. The lowest BCUT2D eigenvalue weighted by Crippen LogP contribution is -2.43. The van der Waals surface area contributed by atoms with Crippen molar-refractivity contribution in [2.45, 2.75) is 38.7 Å². The predicted octanol–water partition coefficient (Wildman–Crippen LogP) is 4.76. The van der Waals surface area contributed by atoms with Gasteiger partial charge in [-0.15, -0.1) is 0 Å². The van der Waals surface area contributed by atoms with Gasteiger partial charge in [-0.1, -0.05) is 13.8 Å². The van der Waals surface area contributed by atoms with Crippen molar-refractivity contribution in [1.29, 1.82) is 0 Å². The first-order valence-electron chi connectivity index (χ1n) is 12.1. The maximum absolute atomic E-state index is 13.5. The zero-order valence-corrected chi connectivity index (χ0v) is 19.7. The van der Waals surface area contributed by atoms with Gasteiger partial charge in [0.2, 0.25) is 0 Å². The molecule has 33 heavy (non-hydrogen) atoms. The van der Waals surface area contributed by atoms with Crippen molar-refractivity contribution in [2.75, 3.05) is 39.3 Å². The van der Waals surface area contributed by atoms with Crippen molar-refractivity contribution >= 4 is 0 Å². The number of hydrogen-bond acceptors (Lipinski definition) is 4. The van der Waals surface area contributed by atoms with Crippen molar-refractivity contribution in [3.05, 3.63) is 66.4 Å². The molecule has 2 N–H and O–H groups in total. The summed E-state index contributed by atoms with van der Waals surface area (Å²) in [5.41, 5.74) is 5.45. The maximum atomic E-state index is 13.5. The van der Waals surface area contributed by atoms with Gasteiger partial charge in [-0.2, -0.15) is 0 Å². The highest BCUT2D eigenvalue weighted by Crippen LogP contribution is 2.37. The zero-order valence-electron chi connectivity index (χ0n) is 19.7. The Morgan fingerprint density at radius 1 is 1.06 bits per heavy atom. The van der Waals surface area contributed by atoms with Crippen LogP contribution < -0.4 is 0 Å². The highest BCUT2D eigenvalue weighted by atomic mass is 19.1. The summed E-state index contributed by atoms with van der Waals surface area (Å²) in [6.07, 6.45) is 5.40. The molecule has 1 saturated heterocycles. The smallest absolute Gasteiger partial charge is 0.123 e. The van der Waals surface area contributed by atoms with Crippen molar-refractivity contribution in [3.63, 3.8) is 0 Å². The standard InChI is InChI=1S/C27H35FN4O/c1-3-31(4-2)18-24(33)19-32-15-11-21(12-16-32)26-17-25(20-9-13-29-14-10-20)27(30-26)22-5-7-23(28)8-6-22/h5-10,13-14,17,21,24,30,33H,3-4,11-12,15-16,18-19H2,1-2H3. The minimum absolute atomic E-state index is 0.230. The Kier molecular flexibility index (Phi) is 7.91. The molecule has 0 saturated carbocycles. The number of likely N-dealkylation sites (N-methyl/N-ethyl adjacent to an activating group) is 1. The molecule has 6 heteroatoms. The molecule has 1 fully saturated rings. The second-order valence-electron chi connectivity index (χ2n) is 8.97. The lowest BCUT2D eigenvalue weighted by molar-refractivity contribution is 0.0673. The van der Waals surface area contributed by atoms with Crippen LogP contribution in [0.2, 0.25) is 0 Å². The molecular formula is C27H35FN4O. The molecule has 0 bridgehead atoms. The summed E-state index contributed by atoms with van der Waals surface area (Å²) in [5, 5.41) is 10.5. The molecule has 2 aromatic heterocycles. The Morgan fingerprint density at radius 2 is 1.73 bits per heavy atom. The zero-order chi connectivity index (χ0) is 23.2. The molecule has 1 atom stereocenters. The van der Waals surface area contributed by atoms with E-state index >= 15 is 0 Å². The monoisotopic (exact) mass is 450 g/mol. The molecular weight excluding hydrogens is 415 g/mol. The number of hydrogen-bond donors (Lipinski definition) is 2. The van der Waals surface area contributed by atoms with Gasteiger partial charge in [-0.25, -0.2) is 4.39 Å². The van der Waals surface area contributed by atoms with E-state index in [-0.39, 0.29) is 11.9 Å². The van der Waals surface area contributed by atoms with Gasteiger partial charge in [0, 0.05) is 42.7 Å². The molecule has 3 heterocycles. The molecule has 1 aliphatic heterocycles. The van der Waals surface area contributed by atoms with Crippen LogP contribution in [0, 0.1) is 5.82 Å². The van der Waals surface area contributed by atoms with E-state index in [9.17, 15) is 9.50 Å². The first-order valence-corrected chi connectivity index (χ1v) is 12.1. The summed E-state index contributed by atoms with van der Waals surface area (Å²) < 4.78 is 13.5. The molecule has 0 amide bonds. The summed E-state index contributed by atoms with van der Waals surface area (Å²) in [6, 6.07) is 13.0. The topological polar surface area (TPSA) is 55.4 Å². The van der Waals surface area contributed by atoms with Crippen molar-refractivity contribution in [2.24, 2.45) is 0 Å². The highest BCUT2D eigenvalue weighted by molar-refractivity contribution is 5.82. The maximum Gasteiger partial charge on any atom is 0.123 e. The number of nitrogens with zero attached hydrogens (tertiary/aromatic N) is 3. The van der Waals surface area contributed by atoms with E-state index in [2.05, 4.69) is 39.7 Å². The molecule has 5 nitrogen and oxygen atoms in total. The summed E-state index contributed by atoms with van der Waals surface area (Å²) in [5.74, 6) is 0.211. The number of aliphatic hydroxyl groups is 1. The number of nitrogens with one attached hydrogen (secondary N) is 1. The molecule has 3 aromatic rings. The number of aromatic amines is 1. The van der Waals surface area contributed by atoms with Crippen LogP contribution in [-0.2, 0) is 0 Å². The molecule has 0 aliphatic carbocycles. The number of halogens is 1. The van der Waals surface area contributed by atoms with Crippen LogP contribution in [0.1, 0.15) is 38.3 Å². The molecule has 176 valence electrons. The third-order valence-electron chi connectivity index (χ3n) is 6.82. The number of H-pyrrole nitrogens is 1. The quantitative estimate of drug-likeness (QED) is 0.493. The summed E-state index contributed by atoms with van der Waals surface area (Å²) in [7, 11) is 0. The van der Waals surface area contributed by atoms with Crippen LogP contribution in [0.3, 0.4) is 0 Å². The van der Waals surface area contributed by atoms with Crippen LogP contribution in [0.25, 0.3) is 22.4 Å². The number of aromatic nitrogens is 2. The second kappa shape index (κ2) is 11.1. The lowest BCUT2D eigenvalue weighted by atomic mass is 9.92. The molecule has 1 aliphatic rings. The Bertz CT molecular complexity index is 993. The number of pyridine rings is 1. The Morgan fingerprint density at radius 3 is 2.36 bits per heavy atom. The van der Waals surface area contributed by atoms with Gasteiger partial charge in [-0.05, 0) is 92.6 Å². The summed E-state index contributed by atoms with van der Waals surface area (Å²) >= 11 is 0. The predicted molar refractivity (Wildman–Crippen MR) is 132 cm³/mol. The third kappa shape index (κ3) is 5.88. The Balaban J connectivity index is 1.47. The molecule has 4 rings (SSSR count). The molecule has 0 radical (unpaired) electrons. The first kappa shape index (κ1) is 23.6. The number of benzene rings is 1. The van der Waals surface area contributed by atoms with Crippen LogP contribution in [0.4, 0.5) is 4.39 Å². The van der Waals surface area contributed by atoms with E-state index in [0.29, 0.717) is 5.92 Å². The fourth-order valence-electron chi connectivity index (χ4n) is 4.86. The molecule has 1 unspecified atom stereocenters. The van der Waals surface area contributed by atoms with Crippen molar-refractivity contribution in [1.82, 2.24) is 19.8 Å². The average molecular weight is 451 g/mol. The van der Waals surface area contributed by atoms with E-state index in [0.717, 1.165) is 74.5 Å². The SMILES string of the molecule is CCN(CC)CC(O)CN1CCC(c2cc(-c3ccncc3)c(-c3ccc(F)cc3)[nH]2)CC1. The number of β-amino-alcohol motifs (C(OH)–C–C–N with tert-alkyl or cyclic N) is 1. The third-order valence-corrected chi connectivity index (χ3v) is 6.82.